The SMILES string of the molecule is CCOc1cc(/C=C(\C#N)C(=O)Nc2cccc(C(=O)O)c2)cc(Br)c1OC(=O)c1ccc(OC)cc1. The molecule has 0 spiro atoms. The Balaban J connectivity index is 1.87. The van der Waals surface area contributed by atoms with E-state index in [0.29, 0.717) is 21.3 Å². The van der Waals surface area contributed by atoms with Crippen molar-refractivity contribution in [2.24, 2.45) is 0 Å². The number of ether oxygens (including phenoxy) is 3. The van der Waals surface area contributed by atoms with Gasteiger partial charge in [-0.15, -0.1) is 0 Å². The molecule has 37 heavy (non-hydrogen) atoms. The highest BCUT2D eigenvalue weighted by atomic mass is 79.9. The number of hydrogen-bond acceptors (Lipinski definition) is 7. The first kappa shape index (κ1) is 27.0. The van der Waals surface area contributed by atoms with Crippen LogP contribution in [0.5, 0.6) is 17.2 Å². The number of carbonyl (C=O) groups excluding carboxylic acids is 2. The van der Waals surface area contributed by atoms with E-state index in [2.05, 4.69) is 21.2 Å². The van der Waals surface area contributed by atoms with Crippen molar-refractivity contribution < 1.29 is 33.7 Å². The third kappa shape index (κ3) is 6.96. The minimum Gasteiger partial charge on any atom is -0.497 e. The molecular weight excluding hydrogens is 544 g/mol. The molecule has 3 rings (SSSR count). The highest BCUT2D eigenvalue weighted by Crippen LogP contribution is 2.38. The molecule has 1 amide bonds. The number of nitrogens with zero attached hydrogens (tertiary/aromatic N) is 1. The number of nitriles is 1. The van der Waals surface area contributed by atoms with Gasteiger partial charge in [0.05, 0.1) is 29.3 Å². The Morgan fingerprint density at radius 3 is 2.43 bits per heavy atom. The smallest absolute Gasteiger partial charge is 0.343 e. The highest BCUT2D eigenvalue weighted by Gasteiger charge is 2.18. The number of amides is 1. The Hall–Kier alpha value is -4.62. The number of aromatic carboxylic acids is 1. The lowest BCUT2D eigenvalue weighted by atomic mass is 10.1. The average Bonchev–Trinajstić information content (AvgIpc) is 2.89. The first-order chi connectivity index (χ1) is 17.7. The lowest BCUT2D eigenvalue weighted by molar-refractivity contribution is -0.112. The predicted molar refractivity (Wildman–Crippen MR) is 139 cm³/mol. The molecule has 0 fully saturated rings. The molecule has 3 aromatic rings. The summed E-state index contributed by atoms with van der Waals surface area (Å²) in [5.41, 5.74) is 0.700. The molecule has 0 radical (unpaired) electrons. The molecule has 0 aliphatic carbocycles. The van der Waals surface area contributed by atoms with Gasteiger partial charge in [0.2, 0.25) is 0 Å². The quantitative estimate of drug-likeness (QED) is 0.154. The zero-order chi connectivity index (χ0) is 26.9. The zero-order valence-corrected chi connectivity index (χ0v) is 21.4. The van der Waals surface area contributed by atoms with Crippen LogP contribution < -0.4 is 19.5 Å². The van der Waals surface area contributed by atoms with Crippen molar-refractivity contribution in [3.05, 3.63) is 87.4 Å². The van der Waals surface area contributed by atoms with Gasteiger partial charge in [0.15, 0.2) is 11.5 Å². The van der Waals surface area contributed by atoms with E-state index in [4.69, 9.17) is 19.3 Å². The predicted octanol–water partition coefficient (Wildman–Crippen LogP) is 5.32. The van der Waals surface area contributed by atoms with E-state index in [1.807, 2.05) is 6.07 Å². The molecule has 0 aliphatic heterocycles. The van der Waals surface area contributed by atoms with E-state index in [-0.39, 0.29) is 34.9 Å². The molecule has 9 nitrogen and oxygen atoms in total. The van der Waals surface area contributed by atoms with Crippen molar-refractivity contribution in [1.29, 1.82) is 5.26 Å². The van der Waals surface area contributed by atoms with Gasteiger partial charge in [-0.2, -0.15) is 5.26 Å². The number of carboxylic acids is 1. The summed E-state index contributed by atoms with van der Waals surface area (Å²) >= 11 is 3.37. The first-order valence-corrected chi connectivity index (χ1v) is 11.6. The van der Waals surface area contributed by atoms with E-state index >= 15 is 0 Å². The largest absolute Gasteiger partial charge is 0.497 e. The van der Waals surface area contributed by atoms with Gasteiger partial charge in [-0.1, -0.05) is 6.07 Å². The second-order valence-corrected chi connectivity index (χ2v) is 8.25. The molecule has 0 aliphatic rings. The molecule has 0 bridgehead atoms. The molecule has 0 heterocycles. The third-order valence-corrected chi connectivity index (χ3v) is 5.48. The number of rotatable bonds is 9. The molecule has 2 N–H and O–H groups in total. The maximum Gasteiger partial charge on any atom is 0.343 e. The number of anilines is 1. The van der Waals surface area contributed by atoms with Crippen LogP contribution >= 0.6 is 15.9 Å². The van der Waals surface area contributed by atoms with Crippen LogP contribution in [0.1, 0.15) is 33.2 Å². The van der Waals surface area contributed by atoms with E-state index in [1.165, 1.54) is 43.5 Å². The number of nitrogens with one attached hydrogen (secondary N) is 1. The standard InChI is InChI=1S/C27H21BrN2O7/c1-3-36-23-13-16(11-19(15-29)25(31)30-20-6-4-5-18(14-20)26(32)33)12-22(28)24(23)37-27(34)17-7-9-21(35-2)10-8-17/h4-14H,3H2,1-2H3,(H,30,31)(H,32,33)/b19-11+. The number of methoxy groups -OCH3 is 1. The van der Waals surface area contributed by atoms with E-state index < -0.39 is 17.8 Å². The first-order valence-electron chi connectivity index (χ1n) is 10.8. The number of benzene rings is 3. The van der Waals surface area contributed by atoms with Gasteiger partial charge in [-0.25, -0.2) is 9.59 Å². The van der Waals surface area contributed by atoms with Crippen molar-refractivity contribution >= 4 is 45.5 Å². The normalized spacial score (nSPS) is 10.7. The van der Waals surface area contributed by atoms with Crippen molar-refractivity contribution in [1.82, 2.24) is 0 Å². The maximum atomic E-state index is 12.7. The maximum absolute atomic E-state index is 12.7. The number of hydrogen-bond donors (Lipinski definition) is 2. The molecular formula is C27H21BrN2O7. The number of halogens is 1. The molecule has 188 valence electrons. The summed E-state index contributed by atoms with van der Waals surface area (Å²) in [5, 5.41) is 21.2. The minimum absolute atomic E-state index is 0.00894. The van der Waals surface area contributed by atoms with Gasteiger partial charge in [0, 0.05) is 5.69 Å². The summed E-state index contributed by atoms with van der Waals surface area (Å²) in [5.74, 6) is -1.54. The number of esters is 1. The summed E-state index contributed by atoms with van der Waals surface area (Å²) in [6, 6.07) is 17.0. The van der Waals surface area contributed by atoms with E-state index in [0.717, 1.165) is 0 Å². The van der Waals surface area contributed by atoms with Crippen molar-refractivity contribution in [2.45, 2.75) is 6.92 Å². The molecule has 3 aromatic carbocycles. The fourth-order valence-electron chi connectivity index (χ4n) is 3.16. The number of carbonyl (C=O) groups is 3. The van der Waals surface area contributed by atoms with Gasteiger partial charge >= 0.3 is 11.9 Å². The van der Waals surface area contributed by atoms with Crippen LogP contribution in [-0.2, 0) is 4.79 Å². The fraction of sp³-hybridized carbons (Fsp3) is 0.111. The third-order valence-electron chi connectivity index (χ3n) is 4.90. The average molecular weight is 565 g/mol. The fourth-order valence-corrected chi connectivity index (χ4v) is 3.70. The molecule has 0 aromatic heterocycles. The summed E-state index contributed by atoms with van der Waals surface area (Å²) in [4.78, 5) is 36.5. The van der Waals surface area contributed by atoms with Crippen LogP contribution in [0.15, 0.2) is 70.7 Å². The molecule has 0 saturated carbocycles. The lowest BCUT2D eigenvalue weighted by Gasteiger charge is -2.14. The van der Waals surface area contributed by atoms with Gasteiger partial charge < -0.3 is 24.6 Å². The summed E-state index contributed by atoms with van der Waals surface area (Å²) < 4.78 is 16.7. The Bertz CT molecular complexity index is 1410. The van der Waals surface area contributed by atoms with Crippen LogP contribution in [-0.4, -0.2) is 36.7 Å². The van der Waals surface area contributed by atoms with Gasteiger partial charge in [0.25, 0.3) is 5.91 Å². The van der Waals surface area contributed by atoms with Crippen LogP contribution in [0.25, 0.3) is 6.08 Å². The van der Waals surface area contributed by atoms with Crippen molar-refractivity contribution in [2.75, 3.05) is 19.0 Å². The molecule has 0 saturated heterocycles. The lowest BCUT2D eigenvalue weighted by Crippen LogP contribution is -2.14. The Morgan fingerprint density at radius 1 is 1.08 bits per heavy atom. The van der Waals surface area contributed by atoms with E-state index in [1.54, 1.807) is 37.3 Å². The van der Waals surface area contributed by atoms with Crippen molar-refractivity contribution in [3.8, 4) is 23.3 Å². The molecule has 0 atom stereocenters. The van der Waals surface area contributed by atoms with Crippen LogP contribution in [0.2, 0.25) is 0 Å². The topological polar surface area (TPSA) is 135 Å². The second-order valence-electron chi connectivity index (χ2n) is 7.39. The Kier molecular flexibility index (Phi) is 9.02. The van der Waals surface area contributed by atoms with Gasteiger partial charge in [-0.3, -0.25) is 4.79 Å². The molecule has 0 unspecified atom stereocenters. The van der Waals surface area contributed by atoms with E-state index in [9.17, 15) is 19.6 Å². The van der Waals surface area contributed by atoms with Crippen LogP contribution in [0.4, 0.5) is 5.69 Å². The summed E-state index contributed by atoms with van der Waals surface area (Å²) in [6.45, 7) is 2.02. The minimum atomic E-state index is -1.15. The Labute approximate surface area is 221 Å². The second kappa shape index (κ2) is 12.4. The summed E-state index contributed by atoms with van der Waals surface area (Å²) in [6.07, 6.45) is 1.33. The Morgan fingerprint density at radius 2 is 1.81 bits per heavy atom. The van der Waals surface area contributed by atoms with Crippen LogP contribution in [0, 0.1) is 11.3 Å². The summed E-state index contributed by atoms with van der Waals surface area (Å²) in [7, 11) is 1.52. The zero-order valence-electron chi connectivity index (χ0n) is 19.8. The molecule has 10 heteroatoms. The highest BCUT2D eigenvalue weighted by molar-refractivity contribution is 9.10. The van der Waals surface area contributed by atoms with Gasteiger partial charge in [-0.05, 0) is 89.1 Å². The van der Waals surface area contributed by atoms with Crippen LogP contribution in [0.3, 0.4) is 0 Å². The number of carboxylic acid groups (broad SMARTS) is 1. The van der Waals surface area contributed by atoms with Gasteiger partial charge in [0.1, 0.15) is 17.4 Å². The monoisotopic (exact) mass is 564 g/mol. The van der Waals surface area contributed by atoms with Crippen molar-refractivity contribution in [3.63, 3.8) is 0 Å².